The Balaban J connectivity index is 2.12. The first-order chi connectivity index (χ1) is 4.23. The second-order valence-corrected chi connectivity index (χ2v) is 3.65. The Morgan fingerprint density at radius 2 is 2.33 bits per heavy atom. The summed E-state index contributed by atoms with van der Waals surface area (Å²) in [5, 5.41) is 0. The van der Waals surface area contributed by atoms with Gasteiger partial charge in [0.1, 0.15) is 0 Å². The van der Waals surface area contributed by atoms with Gasteiger partial charge < -0.3 is 4.90 Å². The standard InChI is InChI=1S/C7H9NO/c1-8-5(9)6-2-3-7(6,8)4-6/h2-4H2,1H3/t6-,7?/m1/s1. The summed E-state index contributed by atoms with van der Waals surface area (Å²) >= 11 is 0. The molecule has 2 saturated carbocycles. The van der Waals surface area contributed by atoms with Gasteiger partial charge >= 0.3 is 0 Å². The molecule has 1 heterocycles. The van der Waals surface area contributed by atoms with Crippen LogP contribution >= 0.6 is 0 Å². The fourth-order valence-electron chi connectivity index (χ4n) is 2.80. The maximum atomic E-state index is 11.1. The Morgan fingerprint density at radius 1 is 1.56 bits per heavy atom. The number of hydrogen-bond acceptors (Lipinski definition) is 1. The Hall–Kier alpha value is -0.530. The summed E-state index contributed by atoms with van der Waals surface area (Å²) in [6.07, 6.45) is 3.63. The summed E-state index contributed by atoms with van der Waals surface area (Å²) in [5.41, 5.74) is 0.645. The summed E-state index contributed by atoms with van der Waals surface area (Å²) in [7, 11) is 1.94. The van der Waals surface area contributed by atoms with Gasteiger partial charge in [0, 0.05) is 7.05 Å². The van der Waals surface area contributed by atoms with Crippen LogP contribution < -0.4 is 0 Å². The quantitative estimate of drug-likeness (QED) is 0.426. The molecule has 0 N–H and O–H groups in total. The minimum atomic E-state index is 0.224. The van der Waals surface area contributed by atoms with Gasteiger partial charge in [-0.1, -0.05) is 0 Å². The monoisotopic (exact) mass is 123 g/mol. The number of rotatable bonds is 0. The van der Waals surface area contributed by atoms with E-state index in [1.807, 2.05) is 11.9 Å². The second-order valence-electron chi connectivity index (χ2n) is 3.65. The van der Waals surface area contributed by atoms with Crippen LogP contribution in [0.5, 0.6) is 0 Å². The number of likely N-dealkylation sites (tertiary alicyclic amines) is 1. The third kappa shape index (κ3) is 0.178. The minimum Gasteiger partial charge on any atom is -0.338 e. The van der Waals surface area contributed by atoms with Crippen LogP contribution in [-0.4, -0.2) is 23.4 Å². The molecule has 0 aromatic heterocycles. The minimum absolute atomic E-state index is 0.224. The summed E-state index contributed by atoms with van der Waals surface area (Å²) < 4.78 is 0. The van der Waals surface area contributed by atoms with Crippen molar-refractivity contribution >= 4 is 5.91 Å². The topological polar surface area (TPSA) is 20.3 Å². The van der Waals surface area contributed by atoms with Gasteiger partial charge in [-0.15, -0.1) is 0 Å². The zero-order chi connectivity index (χ0) is 6.28. The highest BCUT2D eigenvalue weighted by atomic mass is 16.2. The van der Waals surface area contributed by atoms with Crippen LogP contribution in [0.4, 0.5) is 0 Å². The fourth-order valence-corrected chi connectivity index (χ4v) is 2.80. The number of piperidine rings is 1. The largest absolute Gasteiger partial charge is 0.338 e. The first-order valence-corrected chi connectivity index (χ1v) is 3.51. The molecule has 2 heteroatoms. The molecule has 0 spiro atoms. The number of amides is 1. The van der Waals surface area contributed by atoms with Crippen molar-refractivity contribution in [3.8, 4) is 0 Å². The maximum Gasteiger partial charge on any atom is 0.231 e. The lowest BCUT2D eigenvalue weighted by molar-refractivity contribution is -0.164. The number of nitrogens with zero attached hydrogens (tertiary/aromatic N) is 1. The van der Waals surface area contributed by atoms with Gasteiger partial charge in [0.2, 0.25) is 5.91 Å². The summed E-state index contributed by atoms with van der Waals surface area (Å²) in [4.78, 5) is 13.0. The van der Waals surface area contributed by atoms with Crippen molar-refractivity contribution in [2.75, 3.05) is 7.05 Å². The molecule has 3 aliphatic rings. The van der Waals surface area contributed by atoms with Crippen LogP contribution in [0.25, 0.3) is 0 Å². The molecule has 2 atom stereocenters. The van der Waals surface area contributed by atoms with E-state index in [1.54, 1.807) is 0 Å². The van der Waals surface area contributed by atoms with E-state index in [9.17, 15) is 4.79 Å². The zero-order valence-electron chi connectivity index (χ0n) is 5.48. The van der Waals surface area contributed by atoms with E-state index in [2.05, 4.69) is 0 Å². The fraction of sp³-hybridized carbons (Fsp3) is 0.857. The lowest BCUT2D eigenvalue weighted by Gasteiger charge is -2.51. The van der Waals surface area contributed by atoms with E-state index < -0.39 is 0 Å². The van der Waals surface area contributed by atoms with Crippen molar-refractivity contribution in [2.24, 2.45) is 5.41 Å². The lowest BCUT2D eigenvalue weighted by Crippen LogP contribution is -2.64. The average molecular weight is 123 g/mol. The molecule has 3 fully saturated rings. The van der Waals surface area contributed by atoms with Gasteiger partial charge in [-0.3, -0.25) is 4.79 Å². The molecule has 1 unspecified atom stereocenters. The molecule has 2 aliphatic carbocycles. The van der Waals surface area contributed by atoms with Crippen LogP contribution in [0.2, 0.25) is 0 Å². The third-order valence-corrected chi connectivity index (χ3v) is 3.68. The van der Waals surface area contributed by atoms with E-state index in [0.717, 1.165) is 0 Å². The molecule has 3 rings (SSSR count). The molecule has 2 nitrogen and oxygen atoms in total. The summed E-state index contributed by atoms with van der Waals surface area (Å²) in [6, 6.07) is 0. The Labute approximate surface area is 53.8 Å². The van der Waals surface area contributed by atoms with Gasteiger partial charge in [0.25, 0.3) is 0 Å². The molecular weight excluding hydrogens is 114 g/mol. The molecular formula is C7H9NO. The molecule has 0 bridgehead atoms. The normalized spacial score (nSPS) is 59.2. The van der Waals surface area contributed by atoms with Crippen LogP contribution in [0.15, 0.2) is 0 Å². The van der Waals surface area contributed by atoms with Gasteiger partial charge in [-0.2, -0.15) is 0 Å². The number of carbonyl (C=O) groups excluding carboxylic acids is 1. The van der Waals surface area contributed by atoms with Crippen LogP contribution in [0.1, 0.15) is 19.3 Å². The van der Waals surface area contributed by atoms with Crippen LogP contribution in [-0.2, 0) is 4.79 Å². The third-order valence-electron chi connectivity index (χ3n) is 3.68. The summed E-state index contributed by atoms with van der Waals surface area (Å²) in [6.45, 7) is 0. The molecule has 1 amide bonds. The summed E-state index contributed by atoms with van der Waals surface area (Å²) in [5.74, 6) is 0.411. The highest BCUT2D eigenvalue weighted by Crippen LogP contribution is 2.80. The lowest BCUT2D eigenvalue weighted by atomic mass is 9.71. The molecule has 0 aromatic rings. The van der Waals surface area contributed by atoms with E-state index in [0.29, 0.717) is 11.4 Å². The highest BCUT2D eigenvalue weighted by Gasteiger charge is 2.88. The Bertz CT molecular complexity index is 225. The van der Waals surface area contributed by atoms with E-state index in [4.69, 9.17) is 0 Å². The van der Waals surface area contributed by atoms with Gasteiger partial charge in [0.15, 0.2) is 0 Å². The molecule has 1 aliphatic heterocycles. The van der Waals surface area contributed by atoms with E-state index >= 15 is 0 Å². The second kappa shape index (κ2) is 0.746. The zero-order valence-corrected chi connectivity index (χ0v) is 5.48. The number of β-lactam (4-membered cyclic amide) rings is 1. The number of hydrogen-bond donors (Lipinski definition) is 0. The number of carbonyl (C=O) groups is 1. The van der Waals surface area contributed by atoms with Gasteiger partial charge in [0.05, 0.1) is 11.0 Å². The molecule has 1 saturated heterocycles. The van der Waals surface area contributed by atoms with E-state index in [-0.39, 0.29) is 5.41 Å². The molecule has 0 radical (unpaired) electrons. The van der Waals surface area contributed by atoms with Gasteiger partial charge in [-0.05, 0) is 19.3 Å². The van der Waals surface area contributed by atoms with Crippen LogP contribution in [0, 0.1) is 5.41 Å². The Kier molecular flexibility index (Phi) is 0.358. The van der Waals surface area contributed by atoms with E-state index in [1.165, 1.54) is 19.3 Å². The van der Waals surface area contributed by atoms with Crippen molar-refractivity contribution in [2.45, 2.75) is 24.8 Å². The highest BCUT2D eigenvalue weighted by molar-refractivity contribution is 5.99. The van der Waals surface area contributed by atoms with Crippen molar-refractivity contribution < 1.29 is 4.79 Å². The molecule has 0 aromatic carbocycles. The van der Waals surface area contributed by atoms with Gasteiger partial charge in [-0.25, -0.2) is 0 Å². The Morgan fingerprint density at radius 3 is 2.44 bits per heavy atom. The predicted molar refractivity (Wildman–Crippen MR) is 31.8 cm³/mol. The van der Waals surface area contributed by atoms with Crippen molar-refractivity contribution in [3.63, 3.8) is 0 Å². The molecule has 48 valence electrons. The van der Waals surface area contributed by atoms with Crippen LogP contribution in [0.3, 0.4) is 0 Å². The smallest absolute Gasteiger partial charge is 0.231 e. The first kappa shape index (κ1) is 4.31. The SMILES string of the molecule is CN1C(=O)[C@]23CCC12C3. The first-order valence-electron chi connectivity index (χ1n) is 3.51. The maximum absolute atomic E-state index is 11.1. The average Bonchev–Trinajstić information content (AvgIpc) is 2.15. The van der Waals surface area contributed by atoms with Crippen molar-refractivity contribution in [3.05, 3.63) is 0 Å². The van der Waals surface area contributed by atoms with Crippen molar-refractivity contribution in [1.82, 2.24) is 4.90 Å². The van der Waals surface area contributed by atoms with Crippen molar-refractivity contribution in [1.29, 1.82) is 0 Å². The predicted octanol–water partition coefficient (Wildman–Crippen LogP) is 0.381. The molecule has 9 heavy (non-hydrogen) atoms.